The van der Waals surface area contributed by atoms with Gasteiger partial charge in [0.25, 0.3) is 0 Å². The lowest BCUT2D eigenvalue weighted by molar-refractivity contribution is 0.0472. The normalized spacial score (nSPS) is 10.3. The van der Waals surface area contributed by atoms with Crippen LogP contribution < -0.4 is 9.47 Å². The van der Waals surface area contributed by atoms with Crippen LogP contribution in [0, 0.1) is 0 Å². The Kier molecular flexibility index (Phi) is 7.08. The van der Waals surface area contributed by atoms with E-state index in [-0.39, 0.29) is 30.2 Å². The second-order valence-electron chi connectivity index (χ2n) is 7.12. The summed E-state index contributed by atoms with van der Waals surface area (Å²) in [6.45, 7) is 0.312. The summed E-state index contributed by atoms with van der Waals surface area (Å²) in [6.07, 6.45) is 1.33. The first-order chi connectivity index (χ1) is 16.2. The predicted octanol–water partition coefficient (Wildman–Crippen LogP) is 5.24. The molecule has 0 saturated heterocycles. The number of aromatic nitrogens is 1. The molecule has 1 heterocycles. The fourth-order valence-corrected chi connectivity index (χ4v) is 3.01. The highest BCUT2D eigenvalue weighted by Gasteiger charge is 2.21. The summed E-state index contributed by atoms with van der Waals surface area (Å²) in [4.78, 5) is 29.7. The Morgan fingerprint density at radius 1 is 0.697 bits per heavy atom. The van der Waals surface area contributed by atoms with E-state index in [9.17, 15) is 9.59 Å². The Hall–Kier alpha value is -4.45. The average molecular weight is 439 g/mol. The molecule has 164 valence electrons. The molecule has 0 fully saturated rings. The zero-order chi connectivity index (χ0) is 22.9. The van der Waals surface area contributed by atoms with Crippen LogP contribution in [0.4, 0.5) is 0 Å². The van der Waals surface area contributed by atoms with Gasteiger partial charge in [-0.1, -0.05) is 78.9 Å². The summed E-state index contributed by atoms with van der Waals surface area (Å²) >= 11 is 0. The minimum Gasteiger partial charge on any atom is -0.472 e. The molecule has 0 radical (unpaired) electrons. The van der Waals surface area contributed by atoms with E-state index in [1.807, 2.05) is 66.7 Å². The van der Waals surface area contributed by atoms with Gasteiger partial charge >= 0.3 is 11.9 Å². The van der Waals surface area contributed by atoms with Crippen molar-refractivity contribution in [1.82, 2.24) is 4.98 Å². The van der Waals surface area contributed by atoms with Crippen LogP contribution in [0.2, 0.25) is 0 Å². The second kappa shape index (κ2) is 10.7. The Balaban J connectivity index is 1.54. The molecular formula is C27H21NO5. The highest BCUT2D eigenvalue weighted by atomic mass is 16.5. The molecular weight excluding hydrogens is 418 g/mol. The van der Waals surface area contributed by atoms with Crippen molar-refractivity contribution in [2.24, 2.45) is 0 Å². The lowest BCUT2D eigenvalue weighted by Crippen LogP contribution is -2.14. The molecule has 0 aliphatic heterocycles. The van der Waals surface area contributed by atoms with Crippen molar-refractivity contribution in [3.8, 4) is 11.6 Å². The van der Waals surface area contributed by atoms with Gasteiger partial charge in [-0.05, 0) is 29.3 Å². The lowest BCUT2D eigenvalue weighted by atomic mass is 10.2. The number of para-hydroxylation sites is 1. The summed E-state index contributed by atoms with van der Waals surface area (Å²) in [5, 5.41) is 0. The minimum absolute atomic E-state index is 0.0314. The molecule has 33 heavy (non-hydrogen) atoms. The van der Waals surface area contributed by atoms with Crippen molar-refractivity contribution in [2.75, 3.05) is 0 Å². The summed E-state index contributed by atoms with van der Waals surface area (Å²) in [7, 11) is 0. The van der Waals surface area contributed by atoms with Gasteiger partial charge in [0.2, 0.25) is 5.88 Å². The van der Waals surface area contributed by atoms with Gasteiger partial charge < -0.3 is 14.2 Å². The zero-order valence-electron chi connectivity index (χ0n) is 17.7. The first kappa shape index (κ1) is 21.8. The van der Waals surface area contributed by atoms with Gasteiger partial charge in [0.1, 0.15) is 24.5 Å². The maximum atomic E-state index is 12.9. The molecule has 0 saturated carbocycles. The molecule has 0 N–H and O–H groups in total. The highest BCUT2D eigenvalue weighted by molar-refractivity contribution is 5.97. The van der Waals surface area contributed by atoms with Crippen LogP contribution in [0.15, 0.2) is 103 Å². The topological polar surface area (TPSA) is 74.7 Å². The third kappa shape index (κ3) is 6.04. The summed E-state index contributed by atoms with van der Waals surface area (Å²) in [6, 6.07) is 28.8. The van der Waals surface area contributed by atoms with Gasteiger partial charge in [-0.25, -0.2) is 14.6 Å². The van der Waals surface area contributed by atoms with E-state index in [1.165, 1.54) is 12.3 Å². The largest absolute Gasteiger partial charge is 0.472 e. The number of hydrogen-bond acceptors (Lipinski definition) is 6. The standard InChI is InChI=1S/C27H21NO5/c29-26(32-19-21-12-6-2-7-13-21)22-16-24(27(30)33-23-14-8-3-9-15-23)25(28-17-22)31-18-20-10-4-1-5-11-20/h1-17H,18-19H2. The zero-order valence-corrected chi connectivity index (χ0v) is 17.7. The highest BCUT2D eigenvalue weighted by Crippen LogP contribution is 2.22. The van der Waals surface area contributed by atoms with E-state index in [4.69, 9.17) is 14.2 Å². The van der Waals surface area contributed by atoms with Crippen LogP contribution in [-0.2, 0) is 18.0 Å². The van der Waals surface area contributed by atoms with Crippen molar-refractivity contribution >= 4 is 11.9 Å². The van der Waals surface area contributed by atoms with E-state index >= 15 is 0 Å². The molecule has 0 amide bonds. The van der Waals surface area contributed by atoms with E-state index in [1.54, 1.807) is 24.3 Å². The second-order valence-corrected chi connectivity index (χ2v) is 7.12. The Morgan fingerprint density at radius 2 is 1.27 bits per heavy atom. The molecule has 0 aliphatic carbocycles. The smallest absolute Gasteiger partial charge is 0.349 e. The molecule has 0 spiro atoms. The molecule has 0 atom stereocenters. The van der Waals surface area contributed by atoms with Crippen LogP contribution in [0.5, 0.6) is 11.6 Å². The Bertz CT molecular complexity index is 1210. The number of hydrogen-bond donors (Lipinski definition) is 0. The number of nitrogens with zero attached hydrogens (tertiary/aromatic N) is 1. The van der Waals surface area contributed by atoms with Crippen molar-refractivity contribution in [1.29, 1.82) is 0 Å². The number of carbonyl (C=O) groups excluding carboxylic acids is 2. The molecule has 0 bridgehead atoms. The lowest BCUT2D eigenvalue weighted by Gasteiger charge is -2.12. The van der Waals surface area contributed by atoms with Crippen LogP contribution in [0.1, 0.15) is 31.8 Å². The van der Waals surface area contributed by atoms with E-state index in [0.29, 0.717) is 5.75 Å². The van der Waals surface area contributed by atoms with Crippen LogP contribution in [0.3, 0.4) is 0 Å². The number of carbonyl (C=O) groups is 2. The van der Waals surface area contributed by atoms with Gasteiger partial charge in [0.15, 0.2) is 0 Å². The fraction of sp³-hybridized carbons (Fsp3) is 0.0741. The maximum Gasteiger partial charge on any atom is 0.349 e. The number of ether oxygens (including phenoxy) is 3. The van der Waals surface area contributed by atoms with Crippen molar-refractivity contribution < 1.29 is 23.8 Å². The summed E-state index contributed by atoms with van der Waals surface area (Å²) in [5.41, 5.74) is 1.92. The summed E-state index contributed by atoms with van der Waals surface area (Å²) in [5.74, 6) is -0.850. The minimum atomic E-state index is -0.686. The maximum absolute atomic E-state index is 12.9. The van der Waals surface area contributed by atoms with E-state index in [2.05, 4.69) is 4.98 Å². The quantitative estimate of drug-likeness (QED) is 0.276. The molecule has 6 heteroatoms. The molecule has 4 rings (SSSR count). The molecule has 6 nitrogen and oxygen atoms in total. The molecule has 1 aromatic heterocycles. The summed E-state index contributed by atoms with van der Waals surface area (Å²) < 4.78 is 16.6. The van der Waals surface area contributed by atoms with Crippen molar-refractivity contribution in [3.05, 3.63) is 126 Å². The Morgan fingerprint density at radius 3 is 1.91 bits per heavy atom. The van der Waals surface area contributed by atoms with Crippen molar-refractivity contribution in [2.45, 2.75) is 13.2 Å². The first-order valence-corrected chi connectivity index (χ1v) is 10.3. The van der Waals surface area contributed by atoms with E-state index < -0.39 is 11.9 Å². The third-order valence-electron chi connectivity index (χ3n) is 4.69. The molecule has 3 aromatic carbocycles. The average Bonchev–Trinajstić information content (AvgIpc) is 2.88. The van der Waals surface area contributed by atoms with Gasteiger partial charge in [-0.15, -0.1) is 0 Å². The van der Waals surface area contributed by atoms with Crippen LogP contribution >= 0.6 is 0 Å². The van der Waals surface area contributed by atoms with Gasteiger partial charge in [0, 0.05) is 6.20 Å². The van der Waals surface area contributed by atoms with Crippen LogP contribution in [-0.4, -0.2) is 16.9 Å². The fourth-order valence-electron chi connectivity index (χ4n) is 3.01. The number of rotatable bonds is 8. The van der Waals surface area contributed by atoms with Crippen LogP contribution in [0.25, 0.3) is 0 Å². The molecule has 0 aliphatic rings. The van der Waals surface area contributed by atoms with Gasteiger partial charge in [0.05, 0.1) is 5.56 Å². The van der Waals surface area contributed by atoms with Crippen molar-refractivity contribution in [3.63, 3.8) is 0 Å². The predicted molar refractivity (Wildman–Crippen MR) is 122 cm³/mol. The monoisotopic (exact) mass is 439 g/mol. The third-order valence-corrected chi connectivity index (χ3v) is 4.69. The molecule has 0 unspecified atom stereocenters. The number of esters is 2. The number of pyridine rings is 1. The Labute approximate surface area is 191 Å². The SMILES string of the molecule is O=C(OCc1ccccc1)c1cnc(OCc2ccccc2)c(C(=O)Oc2ccccc2)c1. The molecule has 4 aromatic rings. The van der Waals surface area contributed by atoms with Gasteiger partial charge in [-0.3, -0.25) is 0 Å². The van der Waals surface area contributed by atoms with E-state index in [0.717, 1.165) is 11.1 Å². The van der Waals surface area contributed by atoms with Gasteiger partial charge in [-0.2, -0.15) is 0 Å². The number of benzene rings is 3. The first-order valence-electron chi connectivity index (χ1n) is 10.3.